The van der Waals surface area contributed by atoms with E-state index in [0.717, 1.165) is 0 Å². The average Bonchev–Trinajstić information content (AvgIpc) is 2.47. The van der Waals surface area contributed by atoms with Crippen molar-refractivity contribution in [3.63, 3.8) is 0 Å². The minimum Gasteiger partial charge on any atom is -0.480 e. The van der Waals surface area contributed by atoms with E-state index in [-0.39, 0.29) is 12.0 Å². The van der Waals surface area contributed by atoms with Crippen molar-refractivity contribution in [3.05, 3.63) is 65.7 Å². The Morgan fingerprint density at radius 2 is 2.10 bits per heavy atom. The van der Waals surface area contributed by atoms with Gasteiger partial charge in [0.05, 0.1) is 5.56 Å². The van der Waals surface area contributed by atoms with E-state index in [9.17, 15) is 19.1 Å². The average molecular weight is 288 g/mol. The van der Waals surface area contributed by atoms with Gasteiger partial charge >= 0.3 is 5.97 Å². The van der Waals surface area contributed by atoms with Crippen molar-refractivity contribution in [1.29, 1.82) is 0 Å². The van der Waals surface area contributed by atoms with E-state index in [2.05, 4.69) is 10.3 Å². The van der Waals surface area contributed by atoms with Gasteiger partial charge in [-0.05, 0) is 29.8 Å². The third-order valence-electron chi connectivity index (χ3n) is 2.86. The number of carboxylic acids is 1. The molecule has 0 aliphatic rings. The van der Waals surface area contributed by atoms with Crippen LogP contribution >= 0.6 is 0 Å². The zero-order valence-corrected chi connectivity index (χ0v) is 11.0. The SMILES string of the molecule is O=C(NC(Cc1cccc(F)c1)C(=O)O)c1cccnc1. The van der Waals surface area contributed by atoms with Crippen LogP contribution in [0.2, 0.25) is 0 Å². The molecular formula is C15H13FN2O3. The zero-order chi connectivity index (χ0) is 15.2. The first-order valence-corrected chi connectivity index (χ1v) is 6.24. The second-order valence-corrected chi connectivity index (χ2v) is 4.44. The van der Waals surface area contributed by atoms with Gasteiger partial charge in [-0.3, -0.25) is 9.78 Å². The Labute approximate surface area is 120 Å². The summed E-state index contributed by atoms with van der Waals surface area (Å²) in [6.07, 6.45) is 2.85. The number of aliphatic carboxylic acids is 1. The molecule has 0 saturated heterocycles. The van der Waals surface area contributed by atoms with E-state index in [4.69, 9.17) is 0 Å². The summed E-state index contributed by atoms with van der Waals surface area (Å²) in [6.45, 7) is 0. The van der Waals surface area contributed by atoms with Gasteiger partial charge in [0.15, 0.2) is 0 Å². The third-order valence-corrected chi connectivity index (χ3v) is 2.86. The fraction of sp³-hybridized carbons (Fsp3) is 0.133. The number of nitrogens with zero attached hydrogens (tertiary/aromatic N) is 1. The molecule has 1 aromatic heterocycles. The maximum Gasteiger partial charge on any atom is 0.326 e. The number of nitrogens with one attached hydrogen (secondary N) is 1. The van der Waals surface area contributed by atoms with Crippen molar-refractivity contribution in [3.8, 4) is 0 Å². The summed E-state index contributed by atoms with van der Waals surface area (Å²) in [4.78, 5) is 27.0. The molecule has 1 aromatic carbocycles. The molecular weight excluding hydrogens is 275 g/mol. The van der Waals surface area contributed by atoms with Crippen molar-refractivity contribution in [2.24, 2.45) is 0 Å². The van der Waals surface area contributed by atoms with Crippen LogP contribution in [0, 0.1) is 5.82 Å². The van der Waals surface area contributed by atoms with Crippen LogP contribution in [0.5, 0.6) is 0 Å². The normalized spacial score (nSPS) is 11.7. The largest absolute Gasteiger partial charge is 0.480 e. The number of carbonyl (C=O) groups excluding carboxylic acids is 1. The summed E-state index contributed by atoms with van der Waals surface area (Å²) >= 11 is 0. The number of benzene rings is 1. The standard InChI is InChI=1S/C15H13FN2O3/c16-12-5-1-3-10(7-12)8-13(15(20)21)18-14(19)11-4-2-6-17-9-11/h1-7,9,13H,8H2,(H,18,19)(H,20,21). The van der Waals surface area contributed by atoms with Crippen LogP contribution in [-0.4, -0.2) is 28.0 Å². The topological polar surface area (TPSA) is 79.3 Å². The summed E-state index contributed by atoms with van der Waals surface area (Å²) in [6, 6.07) is 7.58. The minimum atomic E-state index is -1.18. The molecule has 0 spiro atoms. The molecule has 2 rings (SSSR count). The van der Waals surface area contributed by atoms with Gasteiger partial charge in [0.25, 0.3) is 5.91 Å². The fourth-order valence-electron chi connectivity index (χ4n) is 1.84. The molecule has 108 valence electrons. The van der Waals surface area contributed by atoms with Gasteiger partial charge in [-0.15, -0.1) is 0 Å². The molecule has 1 unspecified atom stereocenters. The monoisotopic (exact) mass is 288 g/mol. The van der Waals surface area contributed by atoms with E-state index in [0.29, 0.717) is 5.56 Å². The zero-order valence-electron chi connectivity index (χ0n) is 11.0. The number of rotatable bonds is 5. The van der Waals surface area contributed by atoms with Crippen molar-refractivity contribution in [2.45, 2.75) is 12.5 Å². The molecule has 0 aliphatic heterocycles. The van der Waals surface area contributed by atoms with Crippen LogP contribution in [-0.2, 0) is 11.2 Å². The van der Waals surface area contributed by atoms with Gasteiger partial charge in [-0.25, -0.2) is 9.18 Å². The summed E-state index contributed by atoms with van der Waals surface area (Å²) in [5.41, 5.74) is 0.761. The first kappa shape index (κ1) is 14.6. The van der Waals surface area contributed by atoms with Gasteiger partial charge in [0.2, 0.25) is 0 Å². The van der Waals surface area contributed by atoms with Gasteiger partial charge in [0.1, 0.15) is 11.9 Å². The molecule has 1 amide bonds. The highest BCUT2D eigenvalue weighted by atomic mass is 19.1. The Kier molecular flexibility index (Phi) is 4.61. The van der Waals surface area contributed by atoms with E-state index in [1.807, 2.05) is 0 Å². The predicted octanol–water partition coefficient (Wildman–Crippen LogP) is 1.65. The van der Waals surface area contributed by atoms with Gasteiger partial charge in [-0.2, -0.15) is 0 Å². The number of halogens is 1. The highest BCUT2D eigenvalue weighted by Crippen LogP contribution is 2.07. The van der Waals surface area contributed by atoms with Crippen molar-refractivity contribution in [2.75, 3.05) is 0 Å². The van der Waals surface area contributed by atoms with E-state index < -0.39 is 23.7 Å². The maximum atomic E-state index is 13.1. The molecule has 1 atom stereocenters. The van der Waals surface area contributed by atoms with Crippen LogP contribution in [0.15, 0.2) is 48.8 Å². The summed E-state index contributed by atoms with van der Waals surface area (Å²) in [5.74, 6) is -2.17. The maximum absolute atomic E-state index is 13.1. The number of hydrogen-bond acceptors (Lipinski definition) is 3. The quantitative estimate of drug-likeness (QED) is 0.876. The summed E-state index contributed by atoms with van der Waals surface area (Å²) in [7, 11) is 0. The van der Waals surface area contributed by atoms with Crippen molar-refractivity contribution < 1.29 is 19.1 Å². The molecule has 6 heteroatoms. The van der Waals surface area contributed by atoms with E-state index in [1.165, 1.54) is 36.7 Å². The smallest absolute Gasteiger partial charge is 0.326 e. The number of carbonyl (C=O) groups is 2. The predicted molar refractivity (Wildman–Crippen MR) is 73.2 cm³/mol. The molecule has 0 bridgehead atoms. The van der Waals surface area contributed by atoms with Crippen LogP contribution in [0.3, 0.4) is 0 Å². The lowest BCUT2D eigenvalue weighted by Crippen LogP contribution is -2.42. The van der Waals surface area contributed by atoms with E-state index >= 15 is 0 Å². The van der Waals surface area contributed by atoms with Crippen LogP contribution in [0.1, 0.15) is 15.9 Å². The second kappa shape index (κ2) is 6.60. The lowest BCUT2D eigenvalue weighted by atomic mass is 10.1. The molecule has 0 radical (unpaired) electrons. The van der Waals surface area contributed by atoms with E-state index in [1.54, 1.807) is 12.1 Å². The fourth-order valence-corrected chi connectivity index (χ4v) is 1.84. The molecule has 0 fully saturated rings. The Balaban J connectivity index is 2.09. The van der Waals surface area contributed by atoms with Crippen molar-refractivity contribution >= 4 is 11.9 Å². The highest BCUT2D eigenvalue weighted by Gasteiger charge is 2.21. The summed E-state index contributed by atoms with van der Waals surface area (Å²) in [5, 5.41) is 11.6. The Hall–Kier alpha value is -2.76. The first-order chi connectivity index (χ1) is 10.1. The Bertz CT molecular complexity index is 646. The minimum absolute atomic E-state index is 0.000897. The lowest BCUT2D eigenvalue weighted by molar-refractivity contribution is -0.139. The molecule has 0 aliphatic carbocycles. The number of hydrogen-bond donors (Lipinski definition) is 2. The molecule has 2 aromatic rings. The Morgan fingerprint density at radius 1 is 1.29 bits per heavy atom. The molecule has 1 heterocycles. The first-order valence-electron chi connectivity index (χ1n) is 6.24. The van der Waals surface area contributed by atoms with Crippen LogP contribution in [0.4, 0.5) is 4.39 Å². The molecule has 21 heavy (non-hydrogen) atoms. The number of aromatic nitrogens is 1. The molecule has 2 N–H and O–H groups in total. The Morgan fingerprint density at radius 3 is 2.71 bits per heavy atom. The molecule has 5 nitrogen and oxygen atoms in total. The van der Waals surface area contributed by atoms with Crippen LogP contribution < -0.4 is 5.32 Å². The van der Waals surface area contributed by atoms with Gasteiger partial charge < -0.3 is 10.4 Å². The number of carboxylic acid groups (broad SMARTS) is 1. The number of amides is 1. The van der Waals surface area contributed by atoms with Gasteiger partial charge in [-0.1, -0.05) is 12.1 Å². The number of pyridine rings is 1. The van der Waals surface area contributed by atoms with Crippen LogP contribution in [0.25, 0.3) is 0 Å². The van der Waals surface area contributed by atoms with Crippen molar-refractivity contribution in [1.82, 2.24) is 10.3 Å². The molecule has 0 saturated carbocycles. The second-order valence-electron chi connectivity index (χ2n) is 4.44. The summed E-state index contributed by atoms with van der Waals surface area (Å²) < 4.78 is 13.1. The lowest BCUT2D eigenvalue weighted by Gasteiger charge is -2.14. The third kappa shape index (κ3) is 4.10. The highest BCUT2D eigenvalue weighted by molar-refractivity contribution is 5.96. The van der Waals surface area contributed by atoms with Gasteiger partial charge in [0, 0.05) is 18.8 Å².